The molecule has 23 heavy (non-hydrogen) atoms. The second kappa shape index (κ2) is 6.68. The summed E-state index contributed by atoms with van der Waals surface area (Å²) in [5.41, 5.74) is 0.505. The lowest BCUT2D eigenvalue weighted by Gasteiger charge is -2.40. The lowest BCUT2D eigenvalue weighted by atomic mass is 10.1. The number of carbonyl (C=O) groups excluding carboxylic acids is 1. The van der Waals surface area contributed by atoms with Crippen molar-refractivity contribution < 1.29 is 4.79 Å². The fourth-order valence-corrected chi connectivity index (χ4v) is 3.25. The van der Waals surface area contributed by atoms with E-state index in [0.717, 1.165) is 18.9 Å². The SMILES string of the molecule is CCN1CCN(C(=O)c2ccncc2Cl)C[C@H]1c1nccn1C. The molecule has 0 radical (unpaired) electrons. The van der Waals surface area contributed by atoms with E-state index in [4.69, 9.17) is 11.6 Å². The Hall–Kier alpha value is -1.92. The molecule has 3 heterocycles. The number of likely N-dealkylation sites (N-methyl/N-ethyl adjacent to an activating group) is 1. The molecule has 0 saturated carbocycles. The van der Waals surface area contributed by atoms with E-state index in [0.29, 0.717) is 23.7 Å². The van der Waals surface area contributed by atoms with Crippen molar-refractivity contribution in [2.24, 2.45) is 7.05 Å². The molecular weight excluding hydrogens is 314 g/mol. The van der Waals surface area contributed by atoms with E-state index in [1.165, 1.54) is 6.20 Å². The van der Waals surface area contributed by atoms with Crippen LogP contribution in [0.2, 0.25) is 5.02 Å². The first-order chi connectivity index (χ1) is 11.1. The van der Waals surface area contributed by atoms with Crippen molar-refractivity contribution in [3.8, 4) is 0 Å². The third-order valence-corrected chi connectivity index (χ3v) is 4.65. The van der Waals surface area contributed by atoms with Crippen molar-refractivity contribution in [2.45, 2.75) is 13.0 Å². The van der Waals surface area contributed by atoms with Gasteiger partial charge in [-0.1, -0.05) is 18.5 Å². The summed E-state index contributed by atoms with van der Waals surface area (Å²) in [6.45, 7) is 5.17. The zero-order valence-electron chi connectivity index (χ0n) is 13.3. The second-order valence-corrected chi connectivity index (χ2v) is 6.05. The van der Waals surface area contributed by atoms with Gasteiger partial charge in [-0.05, 0) is 12.6 Å². The highest BCUT2D eigenvalue weighted by atomic mass is 35.5. The van der Waals surface area contributed by atoms with E-state index in [1.807, 2.05) is 22.7 Å². The molecule has 1 fully saturated rings. The largest absolute Gasteiger partial charge is 0.337 e. The summed E-state index contributed by atoms with van der Waals surface area (Å²) < 4.78 is 2.01. The van der Waals surface area contributed by atoms with Crippen LogP contribution >= 0.6 is 11.6 Å². The standard InChI is InChI=1S/C16H20ClN5O/c1-3-21-8-9-22(11-14(21)15-19-6-7-20(15)2)16(23)12-4-5-18-10-13(12)17/h4-7,10,14H,3,8-9,11H2,1-2H3/t14-/m0/s1. The topological polar surface area (TPSA) is 54.3 Å². The Morgan fingerprint density at radius 1 is 1.39 bits per heavy atom. The molecule has 0 bridgehead atoms. The van der Waals surface area contributed by atoms with E-state index >= 15 is 0 Å². The minimum Gasteiger partial charge on any atom is -0.337 e. The highest BCUT2D eigenvalue weighted by Gasteiger charge is 2.32. The molecule has 7 heteroatoms. The van der Waals surface area contributed by atoms with Crippen LogP contribution in [-0.4, -0.2) is 56.4 Å². The Bertz CT molecular complexity index is 701. The van der Waals surface area contributed by atoms with E-state index in [9.17, 15) is 4.79 Å². The molecule has 1 atom stereocenters. The van der Waals surface area contributed by atoms with Gasteiger partial charge in [-0.15, -0.1) is 0 Å². The maximum atomic E-state index is 12.8. The van der Waals surface area contributed by atoms with Crippen LogP contribution in [-0.2, 0) is 7.05 Å². The minimum absolute atomic E-state index is 0.0487. The number of aryl methyl sites for hydroxylation is 1. The van der Waals surface area contributed by atoms with Gasteiger partial charge < -0.3 is 9.47 Å². The highest BCUT2D eigenvalue weighted by molar-refractivity contribution is 6.33. The first-order valence-corrected chi connectivity index (χ1v) is 8.09. The van der Waals surface area contributed by atoms with Crippen molar-refractivity contribution in [2.75, 3.05) is 26.2 Å². The zero-order valence-corrected chi connectivity index (χ0v) is 14.1. The predicted molar refractivity (Wildman–Crippen MR) is 88.3 cm³/mol. The summed E-state index contributed by atoms with van der Waals surface area (Å²) >= 11 is 6.12. The molecule has 0 spiro atoms. The fourth-order valence-electron chi connectivity index (χ4n) is 3.05. The molecule has 0 N–H and O–H groups in total. The normalized spacial score (nSPS) is 19.1. The van der Waals surface area contributed by atoms with E-state index in [1.54, 1.807) is 18.5 Å². The van der Waals surface area contributed by atoms with Crippen LogP contribution in [0.25, 0.3) is 0 Å². The first-order valence-electron chi connectivity index (χ1n) is 7.72. The minimum atomic E-state index is -0.0487. The number of pyridine rings is 1. The molecule has 1 aliphatic rings. The summed E-state index contributed by atoms with van der Waals surface area (Å²) in [6, 6.07) is 1.77. The van der Waals surface area contributed by atoms with Crippen LogP contribution in [0, 0.1) is 0 Å². The molecule has 2 aromatic rings. The number of rotatable bonds is 3. The smallest absolute Gasteiger partial charge is 0.255 e. The molecule has 2 aromatic heterocycles. The molecule has 122 valence electrons. The number of hydrogen-bond donors (Lipinski definition) is 0. The quantitative estimate of drug-likeness (QED) is 0.862. The van der Waals surface area contributed by atoms with Gasteiger partial charge >= 0.3 is 0 Å². The average molecular weight is 334 g/mol. The van der Waals surface area contributed by atoms with Gasteiger partial charge in [0.05, 0.1) is 16.6 Å². The lowest BCUT2D eigenvalue weighted by molar-refractivity contribution is 0.0473. The van der Waals surface area contributed by atoms with Crippen LogP contribution in [0.1, 0.15) is 29.1 Å². The number of halogens is 1. The maximum Gasteiger partial charge on any atom is 0.255 e. The van der Waals surface area contributed by atoms with Crippen LogP contribution in [0.15, 0.2) is 30.9 Å². The van der Waals surface area contributed by atoms with Crippen molar-refractivity contribution in [3.63, 3.8) is 0 Å². The Morgan fingerprint density at radius 2 is 2.22 bits per heavy atom. The third-order valence-electron chi connectivity index (χ3n) is 4.34. The molecule has 3 rings (SSSR count). The number of carbonyl (C=O) groups is 1. The third kappa shape index (κ3) is 3.09. The van der Waals surface area contributed by atoms with Gasteiger partial charge in [-0.3, -0.25) is 14.7 Å². The van der Waals surface area contributed by atoms with Gasteiger partial charge in [0.25, 0.3) is 5.91 Å². The van der Waals surface area contributed by atoms with E-state index in [2.05, 4.69) is 21.8 Å². The number of piperazine rings is 1. The van der Waals surface area contributed by atoms with Crippen molar-refractivity contribution in [1.29, 1.82) is 0 Å². The fraction of sp³-hybridized carbons (Fsp3) is 0.438. The molecule has 1 aliphatic heterocycles. The molecule has 0 unspecified atom stereocenters. The number of nitrogens with zero attached hydrogens (tertiary/aromatic N) is 5. The number of aromatic nitrogens is 3. The van der Waals surface area contributed by atoms with Crippen LogP contribution < -0.4 is 0 Å². The molecule has 1 saturated heterocycles. The van der Waals surface area contributed by atoms with Gasteiger partial charge in [0, 0.05) is 51.5 Å². The summed E-state index contributed by atoms with van der Waals surface area (Å²) in [7, 11) is 1.98. The molecule has 6 nitrogen and oxygen atoms in total. The molecule has 1 amide bonds. The maximum absolute atomic E-state index is 12.8. The van der Waals surface area contributed by atoms with Gasteiger partial charge in [0.15, 0.2) is 0 Å². The predicted octanol–water partition coefficient (Wildman–Crippen LogP) is 1.99. The molecular formula is C16H20ClN5O. The Balaban J connectivity index is 1.84. The molecule has 0 aliphatic carbocycles. The van der Waals surface area contributed by atoms with E-state index < -0.39 is 0 Å². The Kier molecular flexibility index (Phi) is 4.63. The number of amides is 1. The van der Waals surface area contributed by atoms with Crippen LogP contribution in [0.3, 0.4) is 0 Å². The highest BCUT2D eigenvalue weighted by Crippen LogP contribution is 2.26. The van der Waals surface area contributed by atoms with Crippen molar-refractivity contribution in [3.05, 3.63) is 47.3 Å². The Labute approximate surface area is 140 Å². The summed E-state index contributed by atoms with van der Waals surface area (Å²) in [6.07, 6.45) is 6.83. The van der Waals surface area contributed by atoms with Gasteiger partial charge in [0.1, 0.15) is 5.82 Å². The molecule has 0 aromatic carbocycles. The average Bonchev–Trinajstić information content (AvgIpc) is 3.00. The monoisotopic (exact) mass is 333 g/mol. The zero-order chi connectivity index (χ0) is 16.4. The Morgan fingerprint density at radius 3 is 2.87 bits per heavy atom. The lowest BCUT2D eigenvalue weighted by Crippen LogP contribution is -2.51. The summed E-state index contributed by atoms with van der Waals surface area (Å²) in [5, 5.41) is 0.393. The second-order valence-electron chi connectivity index (χ2n) is 5.65. The van der Waals surface area contributed by atoms with Crippen molar-refractivity contribution in [1.82, 2.24) is 24.3 Å². The first kappa shape index (κ1) is 16.0. The van der Waals surface area contributed by atoms with Crippen LogP contribution in [0.4, 0.5) is 0 Å². The van der Waals surface area contributed by atoms with Crippen LogP contribution in [0.5, 0.6) is 0 Å². The van der Waals surface area contributed by atoms with E-state index in [-0.39, 0.29) is 11.9 Å². The summed E-state index contributed by atoms with van der Waals surface area (Å²) in [5.74, 6) is 0.928. The summed E-state index contributed by atoms with van der Waals surface area (Å²) in [4.78, 5) is 25.4. The number of hydrogen-bond acceptors (Lipinski definition) is 4. The van der Waals surface area contributed by atoms with Gasteiger partial charge in [-0.2, -0.15) is 0 Å². The number of imidazole rings is 1. The van der Waals surface area contributed by atoms with Gasteiger partial charge in [-0.25, -0.2) is 4.98 Å². The van der Waals surface area contributed by atoms with Gasteiger partial charge in [0.2, 0.25) is 0 Å². The van der Waals surface area contributed by atoms with Crippen molar-refractivity contribution >= 4 is 17.5 Å².